The molecule has 108 valence electrons. The molecular weight excluding hydrogens is 252 g/mol. The van der Waals surface area contributed by atoms with Crippen LogP contribution in [0.5, 0.6) is 0 Å². The Morgan fingerprint density at radius 3 is 2.75 bits per heavy atom. The van der Waals surface area contributed by atoms with Crippen molar-refractivity contribution in [1.82, 2.24) is 10.6 Å². The van der Waals surface area contributed by atoms with Crippen LogP contribution in [0.15, 0.2) is 30.3 Å². The molecule has 3 rings (SSSR count). The van der Waals surface area contributed by atoms with Crippen LogP contribution in [-0.2, 0) is 9.53 Å². The average molecular weight is 274 g/mol. The lowest BCUT2D eigenvalue weighted by molar-refractivity contribution is -0.121. The quantitative estimate of drug-likeness (QED) is 0.829. The highest BCUT2D eigenvalue weighted by Crippen LogP contribution is 2.29. The fraction of sp³-hybridized carbons (Fsp3) is 0.562. The first-order valence-corrected chi connectivity index (χ1v) is 7.49. The van der Waals surface area contributed by atoms with Crippen LogP contribution in [0, 0.1) is 5.92 Å². The van der Waals surface area contributed by atoms with Gasteiger partial charge in [0.1, 0.15) is 6.10 Å². The summed E-state index contributed by atoms with van der Waals surface area (Å²) in [5, 5.41) is 6.32. The Kier molecular flexibility index (Phi) is 4.33. The first kappa shape index (κ1) is 13.6. The molecule has 20 heavy (non-hydrogen) atoms. The normalized spacial score (nSPS) is 25.6. The number of carbonyl (C=O) groups excluding carboxylic acids is 1. The van der Waals surface area contributed by atoms with E-state index in [1.54, 1.807) is 0 Å². The monoisotopic (exact) mass is 274 g/mol. The maximum Gasteiger partial charge on any atom is 0.234 e. The lowest BCUT2D eigenvalue weighted by Gasteiger charge is -2.20. The van der Waals surface area contributed by atoms with Crippen molar-refractivity contribution in [1.29, 1.82) is 0 Å². The first-order chi connectivity index (χ1) is 9.83. The molecule has 0 radical (unpaired) electrons. The van der Waals surface area contributed by atoms with Gasteiger partial charge in [0.25, 0.3) is 0 Å². The van der Waals surface area contributed by atoms with Crippen molar-refractivity contribution in [2.24, 2.45) is 5.92 Å². The van der Waals surface area contributed by atoms with Gasteiger partial charge in [-0.25, -0.2) is 0 Å². The van der Waals surface area contributed by atoms with E-state index in [0.717, 1.165) is 24.4 Å². The molecule has 2 N–H and O–H groups in total. The predicted molar refractivity (Wildman–Crippen MR) is 77.3 cm³/mol. The van der Waals surface area contributed by atoms with Gasteiger partial charge in [0, 0.05) is 6.61 Å². The van der Waals surface area contributed by atoms with E-state index in [1.165, 1.54) is 12.8 Å². The molecule has 1 aliphatic carbocycles. The van der Waals surface area contributed by atoms with Gasteiger partial charge in [-0.05, 0) is 37.3 Å². The Morgan fingerprint density at radius 2 is 2.00 bits per heavy atom. The highest BCUT2D eigenvalue weighted by molar-refractivity contribution is 5.78. The van der Waals surface area contributed by atoms with E-state index in [4.69, 9.17) is 4.74 Å². The number of benzene rings is 1. The minimum atomic E-state index is -0.0106. The fourth-order valence-electron chi connectivity index (χ4n) is 2.68. The van der Waals surface area contributed by atoms with E-state index in [9.17, 15) is 4.79 Å². The molecule has 1 heterocycles. The van der Waals surface area contributed by atoms with Gasteiger partial charge in [0.15, 0.2) is 0 Å². The third-order valence-electron chi connectivity index (χ3n) is 3.98. The Labute approximate surface area is 119 Å². The number of nitrogens with one attached hydrogen (secondary N) is 2. The van der Waals surface area contributed by atoms with Gasteiger partial charge in [-0.15, -0.1) is 0 Å². The van der Waals surface area contributed by atoms with Crippen LogP contribution in [0.3, 0.4) is 0 Å². The van der Waals surface area contributed by atoms with Gasteiger partial charge in [-0.2, -0.15) is 0 Å². The molecule has 1 aliphatic heterocycles. The van der Waals surface area contributed by atoms with Crippen molar-refractivity contribution >= 4 is 5.91 Å². The van der Waals surface area contributed by atoms with Crippen molar-refractivity contribution in [3.05, 3.63) is 35.9 Å². The maximum absolute atomic E-state index is 11.9. The lowest BCUT2D eigenvalue weighted by atomic mass is 10.0. The average Bonchev–Trinajstić information content (AvgIpc) is 3.17. The van der Waals surface area contributed by atoms with Gasteiger partial charge >= 0.3 is 0 Å². The van der Waals surface area contributed by atoms with E-state index in [0.29, 0.717) is 13.2 Å². The fourth-order valence-corrected chi connectivity index (χ4v) is 2.68. The van der Waals surface area contributed by atoms with Crippen molar-refractivity contribution in [3.8, 4) is 0 Å². The number of ether oxygens (including phenoxy) is 1. The molecule has 0 spiro atoms. The van der Waals surface area contributed by atoms with E-state index in [2.05, 4.69) is 22.8 Å². The molecule has 4 nitrogen and oxygen atoms in total. The summed E-state index contributed by atoms with van der Waals surface area (Å²) in [6.07, 6.45) is 3.49. The summed E-state index contributed by atoms with van der Waals surface area (Å²) in [4.78, 5) is 11.9. The van der Waals surface area contributed by atoms with Crippen molar-refractivity contribution in [3.63, 3.8) is 0 Å². The lowest BCUT2D eigenvalue weighted by Crippen LogP contribution is -2.42. The van der Waals surface area contributed by atoms with E-state index >= 15 is 0 Å². The Bertz CT molecular complexity index is 445. The first-order valence-electron chi connectivity index (χ1n) is 7.49. The molecule has 1 saturated carbocycles. The molecule has 2 atom stereocenters. The van der Waals surface area contributed by atoms with Crippen LogP contribution in [0.25, 0.3) is 0 Å². The van der Waals surface area contributed by atoms with Crippen LogP contribution in [0.4, 0.5) is 0 Å². The van der Waals surface area contributed by atoms with E-state index in [1.807, 2.05) is 18.2 Å². The Morgan fingerprint density at radius 1 is 1.20 bits per heavy atom. The topological polar surface area (TPSA) is 50.4 Å². The zero-order valence-corrected chi connectivity index (χ0v) is 11.7. The molecule has 0 aromatic heterocycles. The molecule has 2 fully saturated rings. The second kappa shape index (κ2) is 6.37. The van der Waals surface area contributed by atoms with Gasteiger partial charge < -0.3 is 15.4 Å². The number of amides is 1. The SMILES string of the molecule is O=C(CNCC1CC1)NC1CCOC1c1ccccc1. The largest absolute Gasteiger partial charge is 0.371 e. The summed E-state index contributed by atoms with van der Waals surface area (Å²) in [6, 6.07) is 10.2. The summed E-state index contributed by atoms with van der Waals surface area (Å²) in [7, 11) is 0. The number of carbonyl (C=O) groups is 1. The Hall–Kier alpha value is -1.39. The molecule has 2 unspecified atom stereocenters. The van der Waals surface area contributed by atoms with Gasteiger partial charge in [-0.3, -0.25) is 4.79 Å². The third kappa shape index (κ3) is 3.58. The zero-order valence-electron chi connectivity index (χ0n) is 11.7. The second-order valence-electron chi connectivity index (χ2n) is 5.74. The molecule has 1 saturated heterocycles. The van der Waals surface area contributed by atoms with Crippen LogP contribution in [0.1, 0.15) is 30.9 Å². The summed E-state index contributed by atoms with van der Waals surface area (Å²) >= 11 is 0. The summed E-state index contributed by atoms with van der Waals surface area (Å²) in [5.41, 5.74) is 1.14. The highest BCUT2D eigenvalue weighted by atomic mass is 16.5. The summed E-state index contributed by atoms with van der Waals surface area (Å²) < 4.78 is 5.77. The van der Waals surface area contributed by atoms with Gasteiger partial charge in [-0.1, -0.05) is 30.3 Å². The predicted octanol–water partition coefficient (Wildman–Crippen LogP) is 1.63. The highest BCUT2D eigenvalue weighted by Gasteiger charge is 2.30. The Balaban J connectivity index is 1.49. The number of hydrogen-bond acceptors (Lipinski definition) is 3. The zero-order chi connectivity index (χ0) is 13.8. The van der Waals surface area contributed by atoms with E-state index in [-0.39, 0.29) is 18.1 Å². The molecule has 4 heteroatoms. The molecule has 1 aromatic carbocycles. The van der Waals surface area contributed by atoms with Gasteiger partial charge in [0.2, 0.25) is 5.91 Å². The maximum atomic E-state index is 11.9. The standard InChI is InChI=1S/C16H22N2O2/c19-15(11-17-10-12-6-7-12)18-14-8-9-20-16(14)13-4-2-1-3-5-13/h1-5,12,14,16-17H,6-11H2,(H,18,19). The number of rotatable bonds is 6. The molecule has 1 amide bonds. The van der Waals surface area contributed by atoms with Crippen molar-refractivity contribution in [2.45, 2.75) is 31.4 Å². The van der Waals surface area contributed by atoms with E-state index < -0.39 is 0 Å². The van der Waals surface area contributed by atoms with Crippen LogP contribution < -0.4 is 10.6 Å². The summed E-state index contributed by atoms with van der Waals surface area (Å²) in [5.74, 6) is 0.872. The minimum Gasteiger partial charge on any atom is -0.371 e. The second-order valence-corrected chi connectivity index (χ2v) is 5.74. The summed E-state index contributed by atoms with van der Waals surface area (Å²) in [6.45, 7) is 2.09. The van der Waals surface area contributed by atoms with Gasteiger partial charge in [0.05, 0.1) is 12.6 Å². The number of hydrogen-bond donors (Lipinski definition) is 2. The van der Waals surface area contributed by atoms with Crippen molar-refractivity contribution in [2.75, 3.05) is 19.7 Å². The van der Waals surface area contributed by atoms with Crippen LogP contribution in [0.2, 0.25) is 0 Å². The smallest absolute Gasteiger partial charge is 0.234 e. The minimum absolute atomic E-state index is 0.0106. The molecule has 0 bridgehead atoms. The molecular formula is C16H22N2O2. The molecule has 1 aromatic rings. The van der Waals surface area contributed by atoms with Crippen molar-refractivity contribution < 1.29 is 9.53 Å². The van der Waals surface area contributed by atoms with Crippen LogP contribution in [-0.4, -0.2) is 31.6 Å². The molecule has 2 aliphatic rings. The third-order valence-corrected chi connectivity index (χ3v) is 3.98. The van der Waals surface area contributed by atoms with Crippen LogP contribution >= 0.6 is 0 Å².